The molecule has 102 valence electrons. The van der Waals surface area contributed by atoms with Crippen molar-refractivity contribution in [2.75, 3.05) is 0 Å². The minimum atomic E-state index is -0.766. The van der Waals surface area contributed by atoms with Crippen LogP contribution in [0.25, 0.3) is 5.69 Å². The van der Waals surface area contributed by atoms with Crippen LogP contribution in [0.5, 0.6) is 0 Å². The Balaban J connectivity index is 2.01. The lowest BCUT2D eigenvalue weighted by Crippen LogP contribution is -2.07. The second-order valence-corrected chi connectivity index (χ2v) is 7.34. The van der Waals surface area contributed by atoms with E-state index < -0.39 is 6.10 Å². The molecule has 1 atom stereocenters. The van der Waals surface area contributed by atoms with Crippen molar-refractivity contribution in [1.29, 1.82) is 0 Å². The smallest absolute Gasteiger partial charge is 0.132 e. The molecule has 0 aliphatic heterocycles. The zero-order valence-electron chi connectivity index (χ0n) is 10.1. The molecule has 2 heterocycles. The van der Waals surface area contributed by atoms with Gasteiger partial charge < -0.3 is 5.11 Å². The summed E-state index contributed by atoms with van der Waals surface area (Å²) in [6, 6.07) is 11.5. The van der Waals surface area contributed by atoms with Crippen molar-refractivity contribution in [1.82, 2.24) is 15.0 Å². The van der Waals surface area contributed by atoms with Gasteiger partial charge in [-0.2, -0.15) is 0 Å². The molecule has 0 fully saturated rings. The van der Waals surface area contributed by atoms with Crippen LogP contribution in [0.2, 0.25) is 0 Å². The van der Waals surface area contributed by atoms with E-state index in [9.17, 15) is 5.11 Å². The van der Waals surface area contributed by atoms with Crippen LogP contribution in [-0.4, -0.2) is 20.1 Å². The standard InChI is InChI=1S/C13H9Br2N3OS/c14-9-6-11(20-13(9)15)12(19)10-7-16-17-18(10)8-4-2-1-3-5-8/h1-7,12,19H. The minimum Gasteiger partial charge on any atom is -0.381 e. The second-order valence-electron chi connectivity index (χ2n) is 4.08. The number of halogens is 2. The van der Waals surface area contributed by atoms with Gasteiger partial charge in [-0.25, -0.2) is 4.68 Å². The van der Waals surface area contributed by atoms with Crippen molar-refractivity contribution in [3.8, 4) is 5.69 Å². The fourth-order valence-corrected chi connectivity index (χ4v) is 3.93. The SMILES string of the molecule is OC(c1cc(Br)c(Br)s1)c1cnnn1-c1ccccc1. The van der Waals surface area contributed by atoms with E-state index in [1.165, 1.54) is 11.3 Å². The van der Waals surface area contributed by atoms with E-state index in [-0.39, 0.29) is 0 Å². The highest BCUT2D eigenvalue weighted by Gasteiger charge is 2.20. The first-order chi connectivity index (χ1) is 9.66. The Morgan fingerprint density at radius 1 is 1.20 bits per heavy atom. The average Bonchev–Trinajstić information content (AvgIpc) is 3.07. The Hall–Kier alpha value is -1.02. The van der Waals surface area contributed by atoms with Gasteiger partial charge in [-0.3, -0.25) is 0 Å². The molecule has 0 saturated heterocycles. The molecule has 20 heavy (non-hydrogen) atoms. The first kappa shape index (κ1) is 13.9. The zero-order chi connectivity index (χ0) is 14.1. The molecule has 3 rings (SSSR count). The third kappa shape index (κ3) is 2.58. The number of aliphatic hydroxyl groups is 1. The highest BCUT2D eigenvalue weighted by molar-refractivity contribution is 9.13. The molecule has 0 spiro atoms. The number of para-hydroxylation sites is 1. The van der Waals surface area contributed by atoms with Gasteiger partial charge in [0.25, 0.3) is 0 Å². The van der Waals surface area contributed by atoms with E-state index >= 15 is 0 Å². The number of hydrogen-bond acceptors (Lipinski definition) is 4. The van der Waals surface area contributed by atoms with Gasteiger partial charge in [-0.05, 0) is 50.1 Å². The van der Waals surface area contributed by atoms with Gasteiger partial charge in [0.2, 0.25) is 0 Å². The Bertz CT molecular complexity index is 707. The van der Waals surface area contributed by atoms with E-state index in [0.717, 1.165) is 18.8 Å². The quantitative estimate of drug-likeness (QED) is 0.706. The Morgan fingerprint density at radius 3 is 2.60 bits per heavy atom. The lowest BCUT2D eigenvalue weighted by atomic mass is 10.2. The Kier molecular flexibility index (Phi) is 4.02. The van der Waals surface area contributed by atoms with Crippen molar-refractivity contribution in [2.45, 2.75) is 6.10 Å². The number of benzene rings is 1. The highest BCUT2D eigenvalue weighted by Crippen LogP contribution is 2.37. The molecular weight excluding hydrogens is 406 g/mol. The van der Waals surface area contributed by atoms with Crippen molar-refractivity contribution >= 4 is 43.2 Å². The molecule has 1 N–H and O–H groups in total. The fraction of sp³-hybridized carbons (Fsp3) is 0.0769. The van der Waals surface area contributed by atoms with Crippen LogP contribution in [0.4, 0.5) is 0 Å². The number of nitrogens with zero attached hydrogens (tertiary/aromatic N) is 3. The Labute approximate surface area is 136 Å². The highest BCUT2D eigenvalue weighted by atomic mass is 79.9. The predicted molar refractivity (Wildman–Crippen MR) is 85.1 cm³/mol. The van der Waals surface area contributed by atoms with Gasteiger partial charge in [-0.1, -0.05) is 23.4 Å². The Morgan fingerprint density at radius 2 is 1.95 bits per heavy atom. The van der Waals surface area contributed by atoms with Crippen LogP contribution in [0.1, 0.15) is 16.7 Å². The van der Waals surface area contributed by atoms with Crippen LogP contribution in [-0.2, 0) is 0 Å². The van der Waals surface area contributed by atoms with Crippen LogP contribution < -0.4 is 0 Å². The summed E-state index contributed by atoms with van der Waals surface area (Å²) in [5.74, 6) is 0. The van der Waals surface area contributed by atoms with Crippen LogP contribution >= 0.6 is 43.2 Å². The van der Waals surface area contributed by atoms with Gasteiger partial charge in [0.1, 0.15) is 6.10 Å². The number of hydrogen-bond donors (Lipinski definition) is 1. The molecule has 0 aliphatic rings. The first-order valence-corrected chi connectivity index (χ1v) is 8.16. The van der Waals surface area contributed by atoms with Crippen molar-refractivity contribution < 1.29 is 5.11 Å². The van der Waals surface area contributed by atoms with Gasteiger partial charge in [0.15, 0.2) is 0 Å². The summed E-state index contributed by atoms with van der Waals surface area (Å²) in [4.78, 5) is 0.822. The zero-order valence-corrected chi connectivity index (χ0v) is 14.1. The van der Waals surface area contributed by atoms with E-state index in [1.807, 2.05) is 36.4 Å². The summed E-state index contributed by atoms with van der Waals surface area (Å²) in [5.41, 5.74) is 1.51. The van der Waals surface area contributed by atoms with Gasteiger partial charge in [0.05, 0.1) is 21.4 Å². The molecule has 4 nitrogen and oxygen atoms in total. The number of aliphatic hydroxyl groups excluding tert-OH is 1. The number of aromatic nitrogens is 3. The number of rotatable bonds is 3. The average molecular weight is 415 g/mol. The lowest BCUT2D eigenvalue weighted by molar-refractivity contribution is 0.215. The third-order valence-corrected chi connectivity index (χ3v) is 6.10. The molecule has 0 amide bonds. The fourth-order valence-electron chi connectivity index (χ4n) is 1.84. The van der Waals surface area contributed by atoms with Crippen LogP contribution in [0.3, 0.4) is 0 Å². The predicted octanol–water partition coefficient (Wildman–Crippen LogP) is 3.94. The molecule has 7 heteroatoms. The minimum absolute atomic E-state index is 0.637. The maximum absolute atomic E-state index is 10.5. The maximum atomic E-state index is 10.5. The topological polar surface area (TPSA) is 50.9 Å². The summed E-state index contributed by atoms with van der Waals surface area (Å²) < 4.78 is 3.52. The normalized spacial score (nSPS) is 12.6. The van der Waals surface area contributed by atoms with Crippen molar-refractivity contribution in [2.24, 2.45) is 0 Å². The second kappa shape index (κ2) is 5.77. The van der Waals surface area contributed by atoms with Crippen LogP contribution in [0, 0.1) is 0 Å². The molecular formula is C13H9Br2N3OS. The molecule has 1 unspecified atom stereocenters. The first-order valence-electron chi connectivity index (χ1n) is 5.75. The van der Waals surface area contributed by atoms with Crippen molar-refractivity contribution in [3.63, 3.8) is 0 Å². The van der Waals surface area contributed by atoms with Crippen LogP contribution in [0.15, 0.2) is 50.9 Å². The molecule has 0 aliphatic carbocycles. The molecule has 1 aromatic carbocycles. The molecule has 0 radical (unpaired) electrons. The monoisotopic (exact) mass is 413 g/mol. The largest absolute Gasteiger partial charge is 0.381 e. The molecule has 3 aromatic rings. The van der Waals surface area contributed by atoms with E-state index in [4.69, 9.17) is 0 Å². The van der Waals surface area contributed by atoms with Gasteiger partial charge in [-0.15, -0.1) is 16.4 Å². The van der Waals surface area contributed by atoms with E-state index in [2.05, 4.69) is 42.2 Å². The third-order valence-electron chi connectivity index (χ3n) is 2.79. The molecule has 0 saturated carbocycles. The van der Waals surface area contributed by atoms with Gasteiger partial charge >= 0.3 is 0 Å². The maximum Gasteiger partial charge on any atom is 0.132 e. The van der Waals surface area contributed by atoms with Gasteiger partial charge in [0, 0.05) is 9.35 Å². The lowest BCUT2D eigenvalue weighted by Gasteiger charge is -2.10. The summed E-state index contributed by atoms with van der Waals surface area (Å²) in [7, 11) is 0. The number of thiophene rings is 1. The van der Waals surface area contributed by atoms with Crippen molar-refractivity contribution in [3.05, 3.63) is 61.4 Å². The summed E-state index contributed by atoms with van der Waals surface area (Å²) in [5, 5.41) is 18.5. The summed E-state index contributed by atoms with van der Waals surface area (Å²) >= 11 is 8.33. The summed E-state index contributed by atoms with van der Waals surface area (Å²) in [6.07, 6.45) is 0.817. The van der Waals surface area contributed by atoms with E-state index in [1.54, 1.807) is 10.9 Å². The van der Waals surface area contributed by atoms with E-state index in [0.29, 0.717) is 5.69 Å². The molecule has 0 bridgehead atoms. The molecule has 2 aromatic heterocycles. The summed E-state index contributed by atoms with van der Waals surface area (Å²) in [6.45, 7) is 0.